The van der Waals surface area contributed by atoms with Gasteiger partial charge in [-0.05, 0) is 41.8 Å². The molecule has 5 rings (SSSR count). The lowest BCUT2D eigenvalue weighted by Gasteiger charge is -2.42. The zero-order valence-corrected chi connectivity index (χ0v) is 16.5. The molecule has 0 bridgehead atoms. The Bertz CT molecular complexity index is 1070. The Hall–Kier alpha value is -2.64. The molecule has 1 saturated heterocycles. The number of guanidine groups is 1. The van der Waals surface area contributed by atoms with Crippen LogP contribution in [0, 0.1) is 5.82 Å². The second-order valence-corrected chi connectivity index (χ2v) is 8.08. The fraction of sp³-hybridized carbons (Fsp3) is 0.333. The molecular weight excluding hydrogens is 397 g/mol. The lowest BCUT2D eigenvalue weighted by molar-refractivity contribution is -0.179. The van der Waals surface area contributed by atoms with Gasteiger partial charge in [-0.15, -0.1) is 0 Å². The molecule has 0 aromatic heterocycles. The van der Waals surface area contributed by atoms with Crippen LogP contribution in [0.1, 0.15) is 24.8 Å². The largest absolute Gasteiger partial charge is 0.462 e. The number of amides is 1. The van der Waals surface area contributed by atoms with Crippen LogP contribution < -0.4 is 10.5 Å². The van der Waals surface area contributed by atoms with Crippen molar-refractivity contribution in [2.45, 2.75) is 30.6 Å². The maximum absolute atomic E-state index is 13.6. The monoisotopic (exact) mass is 415 g/mol. The molecule has 3 aliphatic rings. The van der Waals surface area contributed by atoms with Crippen LogP contribution in [0.5, 0.6) is 5.75 Å². The average Bonchev–Trinajstić information content (AvgIpc) is 3.23. The second-order valence-electron chi connectivity index (χ2n) is 7.68. The van der Waals surface area contributed by atoms with Gasteiger partial charge in [0.05, 0.1) is 18.1 Å². The molecule has 3 aliphatic heterocycles. The van der Waals surface area contributed by atoms with Gasteiger partial charge in [0.1, 0.15) is 11.6 Å². The SMILES string of the molecule is CN1C(=O)[C@@]2(C[C@]3(CCCO3)Oc3ccc(-c4ccc(F)c(Cl)c4)cc32)N=C1N. The molecule has 0 saturated carbocycles. The minimum absolute atomic E-state index is 0.0310. The van der Waals surface area contributed by atoms with Gasteiger partial charge < -0.3 is 15.2 Å². The molecule has 2 aromatic carbocycles. The summed E-state index contributed by atoms with van der Waals surface area (Å²) in [6, 6.07) is 9.99. The van der Waals surface area contributed by atoms with E-state index in [1.165, 1.54) is 11.0 Å². The Morgan fingerprint density at radius 1 is 1.24 bits per heavy atom. The number of carbonyl (C=O) groups excluding carboxylic acids is 1. The molecule has 2 atom stereocenters. The van der Waals surface area contributed by atoms with Crippen LogP contribution in [0.15, 0.2) is 41.4 Å². The molecule has 0 aliphatic carbocycles. The number of ether oxygens (including phenoxy) is 2. The van der Waals surface area contributed by atoms with Gasteiger partial charge in [0, 0.05) is 19.0 Å². The molecule has 2 aromatic rings. The molecule has 6 nitrogen and oxygen atoms in total. The normalized spacial score (nSPS) is 28.0. The van der Waals surface area contributed by atoms with Crippen molar-refractivity contribution in [3.63, 3.8) is 0 Å². The summed E-state index contributed by atoms with van der Waals surface area (Å²) in [5, 5.41) is 0.0310. The van der Waals surface area contributed by atoms with Crippen LogP contribution >= 0.6 is 11.6 Å². The number of halogens is 2. The number of fused-ring (bicyclic) bond motifs is 2. The number of hydrogen-bond acceptors (Lipinski definition) is 5. The van der Waals surface area contributed by atoms with Gasteiger partial charge in [0.2, 0.25) is 5.79 Å². The fourth-order valence-corrected chi connectivity index (χ4v) is 4.58. The van der Waals surface area contributed by atoms with E-state index in [1.807, 2.05) is 12.1 Å². The maximum atomic E-state index is 13.6. The van der Waals surface area contributed by atoms with Crippen molar-refractivity contribution in [3.8, 4) is 16.9 Å². The molecule has 8 heteroatoms. The summed E-state index contributed by atoms with van der Waals surface area (Å²) >= 11 is 5.96. The van der Waals surface area contributed by atoms with E-state index in [4.69, 9.17) is 26.8 Å². The van der Waals surface area contributed by atoms with Crippen molar-refractivity contribution in [2.24, 2.45) is 10.7 Å². The van der Waals surface area contributed by atoms with E-state index in [0.29, 0.717) is 24.3 Å². The van der Waals surface area contributed by atoms with Gasteiger partial charge in [0.15, 0.2) is 11.5 Å². The van der Waals surface area contributed by atoms with Crippen molar-refractivity contribution in [3.05, 3.63) is 52.8 Å². The van der Waals surface area contributed by atoms with E-state index >= 15 is 0 Å². The molecule has 0 radical (unpaired) electrons. The molecule has 3 heterocycles. The number of hydrogen-bond donors (Lipinski definition) is 1. The molecular formula is C21H19ClFN3O3. The summed E-state index contributed by atoms with van der Waals surface area (Å²) < 4.78 is 25.7. The Balaban J connectivity index is 1.69. The minimum Gasteiger partial charge on any atom is -0.462 e. The Morgan fingerprint density at radius 3 is 2.66 bits per heavy atom. The molecule has 29 heavy (non-hydrogen) atoms. The minimum atomic E-state index is -1.21. The molecule has 2 N–H and O–H groups in total. The number of aliphatic imine (C=N–C) groups is 1. The highest BCUT2D eigenvalue weighted by molar-refractivity contribution is 6.31. The zero-order chi connectivity index (χ0) is 20.4. The van der Waals surface area contributed by atoms with Crippen LogP contribution in [0.25, 0.3) is 11.1 Å². The number of rotatable bonds is 1. The average molecular weight is 416 g/mol. The number of likely N-dealkylation sites (N-methyl/N-ethyl adjacent to an activating group) is 1. The summed E-state index contributed by atoms with van der Waals surface area (Å²) in [5.74, 6) is -0.901. The predicted molar refractivity (Wildman–Crippen MR) is 106 cm³/mol. The molecule has 1 fully saturated rings. The summed E-state index contributed by atoms with van der Waals surface area (Å²) in [4.78, 5) is 19.2. The van der Waals surface area contributed by atoms with Crippen molar-refractivity contribution >= 4 is 23.5 Å². The number of nitrogens with zero attached hydrogens (tertiary/aromatic N) is 2. The molecule has 1 amide bonds. The van der Waals surface area contributed by atoms with Crippen molar-refractivity contribution in [1.82, 2.24) is 4.90 Å². The summed E-state index contributed by atoms with van der Waals surface area (Å²) in [5.41, 5.74) is 6.92. The summed E-state index contributed by atoms with van der Waals surface area (Å²) in [7, 11) is 1.61. The standard InChI is InChI=1S/C21H19ClFN3O3/c1-26-18(27)21(25-19(26)24)11-20(7-2-8-28-20)29-17-6-4-12(9-14(17)21)13-3-5-16(23)15(22)10-13/h3-6,9-10H,2,7-8,11H2,1H3,(H2,24,25)/t20-,21-/m0/s1. The van der Waals surface area contributed by atoms with Gasteiger partial charge >= 0.3 is 0 Å². The van der Waals surface area contributed by atoms with Crippen LogP contribution in [-0.2, 0) is 15.1 Å². The van der Waals surface area contributed by atoms with Gasteiger partial charge in [-0.2, -0.15) is 0 Å². The van der Waals surface area contributed by atoms with E-state index in [2.05, 4.69) is 4.99 Å². The van der Waals surface area contributed by atoms with Gasteiger partial charge in [-0.1, -0.05) is 23.7 Å². The van der Waals surface area contributed by atoms with E-state index in [9.17, 15) is 9.18 Å². The Labute approximate surface area is 172 Å². The van der Waals surface area contributed by atoms with Crippen molar-refractivity contribution in [1.29, 1.82) is 0 Å². The Morgan fingerprint density at radius 2 is 2.00 bits per heavy atom. The number of carbonyl (C=O) groups is 1. The van der Waals surface area contributed by atoms with Crippen molar-refractivity contribution in [2.75, 3.05) is 13.7 Å². The van der Waals surface area contributed by atoms with Crippen LogP contribution in [0.2, 0.25) is 5.02 Å². The third-order valence-corrected chi connectivity index (χ3v) is 6.16. The highest BCUT2D eigenvalue weighted by Gasteiger charge is 2.59. The van der Waals surface area contributed by atoms with Crippen LogP contribution in [0.4, 0.5) is 4.39 Å². The first-order chi connectivity index (χ1) is 13.8. The second kappa shape index (κ2) is 6.18. The van der Waals surface area contributed by atoms with Crippen molar-refractivity contribution < 1.29 is 18.7 Å². The highest BCUT2D eigenvalue weighted by Crippen LogP contribution is 2.52. The van der Waals surface area contributed by atoms with Gasteiger partial charge in [-0.25, -0.2) is 9.38 Å². The smallest absolute Gasteiger partial charge is 0.262 e. The van der Waals surface area contributed by atoms with E-state index < -0.39 is 17.1 Å². The van der Waals surface area contributed by atoms with Gasteiger partial charge in [0.25, 0.3) is 5.91 Å². The first-order valence-corrected chi connectivity index (χ1v) is 9.78. The van der Waals surface area contributed by atoms with Gasteiger partial charge in [-0.3, -0.25) is 9.69 Å². The Kier molecular flexibility index (Phi) is 3.92. The first-order valence-electron chi connectivity index (χ1n) is 9.40. The van der Waals surface area contributed by atoms with Crippen LogP contribution in [-0.4, -0.2) is 36.2 Å². The lowest BCUT2D eigenvalue weighted by atomic mass is 9.78. The fourth-order valence-electron chi connectivity index (χ4n) is 4.40. The van der Waals surface area contributed by atoms with Crippen LogP contribution in [0.3, 0.4) is 0 Å². The molecule has 150 valence electrons. The quantitative estimate of drug-likeness (QED) is 0.774. The maximum Gasteiger partial charge on any atom is 0.262 e. The molecule has 0 unspecified atom stereocenters. The topological polar surface area (TPSA) is 77.2 Å². The zero-order valence-electron chi connectivity index (χ0n) is 15.7. The number of nitrogens with two attached hydrogens (primary N) is 1. The third-order valence-electron chi connectivity index (χ3n) is 5.87. The van der Waals surface area contributed by atoms with E-state index in [-0.39, 0.29) is 23.3 Å². The third kappa shape index (κ3) is 2.64. The molecule has 2 spiro atoms. The lowest BCUT2D eigenvalue weighted by Crippen LogP contribution is -2.51. The predicted octanol–water partition coefficient (Wildman–Crippen LogP) is 3.42. The first kappa shape index (κ1) is 18.4. The number of benzene rings is 2. The van der Waals surface area contributed by atoms with E-state index in [0.717, 1.165) is 17.5 Å². The van der Waals surface area contributed by atoms with E-state index in [1.54, 1.807) is 25.2 Å². The summed E-state index contributed by atoms with van der Waals surface area (Å²) in [6.07, 6.45) is 1.78. The highest BCUT2D eigenvalue weighted by atomic mass is 35.5. The summed E-state index contributed by atoms with van der Waals surface area (Å²) in [6.45, 7) is 0.570.